The average molecular weight is 482 g/mol. The summed E-state index contributed by atoms with van der Waals surface area (Å²) in [5, 5.41) is 17.5. The van der Waals surface area contributed by atoms with E-state index in [1.807, 2.05) is 18.2 Å². The average Bonchev–Trinajstić information content (AvgIpc) is 3.34. The SMILES string of the molecule is N#Cc1c(CCCNC(=O)c2cc3cccc(Br)c3o2)nn(-c2ccc(F)cc2)c1N. The number of aromatic nitrogens is 2. The van der Waals surface area contributed by atoms with E-state index in [9.17, 15) is 14.4 Å². The van der Waals surface area contributed by atoms with Gasteiger partial charge in [0.2, 0.25) is 0 Å². The topological polar surface area (TPSA) is 110 Å². The number of carbonyl (C=O) groups excluding carboxylic acids is 1. The number of nitriles is 1. The summed E-state index contributed by atoms with van der Waals surface area (Å²) < 4.78 is 21.0. The number of nitrogens with one attached hydrogen (secondary N) is 1. The molecular formula is C22H17BrFN5O2. The minimum Gasteiger partial charge on any atom is -0.450 e. The summed E-state index contributed by atoms with van der Waals surface area (Å²) >= 11 is 3.40. The second-order valence-corrected chi connectivity index (χ2v) is 7.69. The van der Waals surface area contributed by atoms with Crippen molar-refractivity contribution in [3.63, 3.8) is 0 Å². The fourth-order valence-electron chi connectivity index (χ4n) is 3.24. The third kappa shape index (κ3) is 4.15. The molecule has 0 aliphatic rings. The lowest BCUT2D eigenvalue weighted by atomic mass is 10.1. The quantitative estimate of drug-likeness (QED) is 0.398. The number of nitrogen functional groups attached to an aromatic ring is 1. The summed E-state index contributed by atoms with van der Waals surface area (Å²) in [6.07, 6.45) is 0.984. The number of carbonyl (C=O) groups is 1. The van der Waals surface area contributed by atoms with Crippen molar-refractivity contribution in [1.82, 2.24) is 15.1 Å². The molecule has 0 spiro atoms. The number of aryl methyl sites for hydroxylation is 1. The second-order valence-electron chi connectivity index (χ2n) is 6.84. The molecule has 0 atom stereocenters. The highest BCUT2D eigenvalue weighted by Crippen LogP contribution is 2.27. The molecule has 0 aliphatic heterocycles. The standard InChI is InChI=1S/C22H17BrFN5O2/c23-17-4-1-3-13-11-19(31-20(13)17)22(30)27-10-2-5-18-16(12-25)21(26)29(28-18)15-8-6-14(24)7-9-15/h1,3-4,6-9,11H,2,5,10,26H2,(H,27,30). The maximum absolute atomic E-state index is 13.2. The molecular weight excluding hydrogens is 465 g/mol. The van der Waals surface area contributed by atoms with Crippen LogP contribution in [0, 0.1) is 17.1 Å². The summed E-state index contributed by atoms with van der Waals surface area (Å²) in [7, 11) is 0. The van der Waals surface area contributed by atoms with Crippen LogP contribution in [-0.4, -0.2) is 22.2 Å². The third-order valence-corrected chi connectivity index (χ3v) is 5.40. The highest BCUT2D eigenvalue weighted by Gasteiger charge is 2.17. The minimum absolute atomic E-state index is 0.195. The Morgan fingerprint density at radius 2 is 2.06 bits per heavy atom. The molecule has 9 heteroatoms. The third-order valence-electron chi connectivity index (χ3n) is 4.77. The fraction of sp³-hybridized carbons (Fsp3) is 0.136. The van der Waals surface area contributed by atoms with Crippen LogP contribution in [0.3, 0.4) is 0 Å². The lowest BCUT2D eigenvalue weighted by Crippen LogP contribution is -2.24. The van der Waals surface area contributed by atoms with Crippen molar-refractivity contribution in [1.29, 1.82) is 5.26 Å². The number of benzene rings is 2. The van der Waals surface area contributed by atoms with Crippen LogP contribution >= 0.6 is 15.9 Å². The van der Waals surface area contributed by atoms with E-state index in [0.717, 1.165) is 9.86 Å². The Balaban J connectivity index is 1.40. The highest BCUT2D eigenvalue weighted by atomic mass is 79.9. The molecule has 0 bridgehead atoms. The Kier molecular flexibility index (Phi) is 5.73. The molecule has 0 saturated carbocycles. The lowest BCUT2D eigenvalue weighted by Gasteiger charge is -2.03. The van der Waals surface area contributed by atoms with Gasteiger partial charge in [-0.25, -0.2) is 9.07 Å². The molecule has 31 heavy (non-hydrogen) atoms. The van der Waals surface area contributed by atoms with E-state index >= 15 is 0 Å². The van der Waals surface area contributed by atoms with Crippen LogP contribution in [-0.2, 0) is 6.42 Å². The van der Waals surface area contributed by atoms with Gasteiger partial charge in [0.15, 0.2) is 5.76 Å². The zero-order chi connectivity index (χ0) is 22.0. The first-order chi connectivity index (χ1) is 15.0. The van der Waals surface area contributed by atoms with Gasteiger partial charge in [-0.05, 0) is 65.2 Å². The molecule has 0 saturated heterocycles. The van der Waals surface area contributed by atoms with Crippen molar-refractivity contribution in [2.75, 3.05) is 12.3 Å². The van der Waals surface area contributed by atoms with Gasteiger partial charge in [-0.2, -0.15) is 10.4 Å². The molecule has 0 aliphatic carbocycles. The zero-order valence-corrected chi connectivity index (χ0v) is 17.8. The van der Waals surface area contributed by atoms with E-state index in [0.29, 0.717) is 36.4 Å². The van der Waals surface area contributed by atoms with E-state index in [1.54, 1.807) is 6.07 Å². The van der Waals surface area contributed by atoms with Gasteiger partial charge in [-0.15, -0.1) is 0 Å². The first kappa shape index (κ1) is 20.6. The molecule has 0 fully saturated rings. The summed E-state index contributed by atoms with van der Waals surface area (Å²) in [4.78, 5) is 12.4. The number of furan rings is 1. The Morgan fingerprint density at radius 3 is 2.77 bits per heavy atom. The normalized spacial score (nSPS) is 10.9. The number of fused-ring (bicyclic) bond motifs is 1. The van der Waals surface area contributed by atoms with Gasteiger partial charge in [0.25, 0.3) is 5.91 Å². The molecule has 1 amide bonds. The summed E-state index contributed by atoms with van der Waals surface area (Å²) in [5.41, 5.74) is 8.04. The zero-order valence-electron chi connectivity index (χ0n) is 16.2. The molecule has 0 radical (unpaired) electrons. The van der Waals surface area contributed by atoms with Gasteiger partial charge in [-0.3, -0.25) is 4.79 Å². The summed E-state index contributed by atoms with van der Waals surface area (Å²) in [6, 6.07) is 15.0. The number of nitrogens with two attached hydrogens (primary N) is 1. The number of halogens is 2. The van der Waals surface area contributed by atoms with Gasteiger partial charge in [0.05, 0.1) is 15.9 Å². The van der Waals surface area contributed by atoms with Crippen molar-refractivity contribution in [3.8, 4) is 11.8 Å². The number of hydrogen-bond donors (Lipinski definition) is 2. The number of nitrogens with zero attached hydrogens (tertiary/aromatic N) is 3. The van der Waals surface area contributed by atoms with Crippen molar-refractivity contribution < 1.29 is 13.6 Å². The molecule has 2 heterocycles. The predicted molar refractivity (Wildman–Crippen MR) is 117 cm³/mol. The van der Waals surface area contributed by atoms with Crippen LogP contribution in [0.4, 0.5) is 10.2 Å². The van der Waals surface area contributed by atoms with E-state index in [4.69, 9.17) is 10.2 Å². The minimum atomic E-state index is -0.372. The number of amides is 1. The Labute approximate surface area is 185 Å². The summed E-state index contributed by atoms with van der Waals surface area (Å²) in [5.74, 6) is -0.270. The van der Waals surface area contributed by atoms with E-state index in [1.165, 1.54) is 28.9 Å². The van der Waals surface area contributed by atoms with E-state index in [2.05, 4.69) is 32.4 Å². The predicted octanol–water partition coefficient (Wildman–Crippen LogP) is 4.34. The van der Waals surface area contributed by atoms with Crippen LogP contribution in [0.1, 0.15) is 28.2 Å². The lowest BCUT2D eigenvalue weighted by molar-refractivity contribution is 0.0927. The van der Waals surface area contributed by atoms with Crippen molar-refractivity contribution in [3.05, 3.63) is 75.8 Å². The molecule has 7 nitrogen and oxygen atoms in total. The van der Waals surface area contributed by atoms with Gasteiger partial charge < -0.3 is 15.5 Å². The van der Waals surface area contributed by atoms with Crippen LogP contribution in [0.15, 0.2) is 57.4 Å². The Bertz CT molecular complexity index is 1300. The number of anilines is 1. The molecule has 3 N–H and O–H groups in total. The molecule has 2 aromatic heterocycles. The number of para-hydroxylation sites is 1. The highest BCUT2D eigenvalue weighted by molar-refractivity contribution is 9.10. The van der Waals surface area contributed by atoms with Crippen molar-refractivity contribution in [2.24, 2.45) is 0 Å². The molecule has 156 valence electrons. The molecule has 0 unspecified atom stereocenters. The van der Waals surface area contributed by atoms with Gasteiger partial charge in [-0.1, -0.05) is 12.1 Å². The van der Waals surface area contributed by atoms with Crippen LogP contribution in [0.2, 0.25) is 0 Å². The second kappa shape index (κ2) is 8.62. The van der Waals surface area contributed by atoms with Gasteiger partial charge >= 0.3 is 0 Å². The van der Waals surface area contributed by atoms with Crippen molar-refractivity contribution >= 4 is 38.6 Å². The van der Waals surface area contributed by atoms with Crippen LogP contribution in [0.25, 0.3) is 16.7 Å². The van der Waals surface area contributed by atoms with E-state index < -0.39 is 0 Å². The van der Waals surface area contributed by atoms with Crippen LogP contribution in [0.5, 0.6) is 0 Å². The van der Waals surface area contributed by atoms with Crippen molar-refractivity contribution in [2.45, 2.75) is 12.8 Å². The maximum Gasteiger partial charge on any atom is 0.287 e. The molecule has 2 aromatic carbocycles. The largest absolute Gasteiger partial charge is 0.450 e. The smallest absolute Gasteiger partial charge is 0.287 e. The number of hydrogen-bond acceptors (Lipinski definition) is 5. The van der Waals surface area contributed by atoms with E-state index in [-0.39, 0.29) is 28.9 Å². The first-order valence-electron chi connectivity index (χ1n) is 9.47. The summed E-state index contributed by atoms with van der Waals surface area (Å²) in [6.45, 7) is 0.366. The monoisotopic (exact) mass is 481 g/mol. The first-order valence-corrected chi connectivity index (χ1v) is 10.3. The van der Waals surface area contributed by atoms with Gasteiger partial charge in [0.1, 0.15) is 28.9 Å². The fourth-order valence-corrected chi connectivity index (χ4v) is 3.70. The Hall–Kier alpha value is -3.64. The number of rotatable bonds is 6. The van der Waals surface area contributed by atoms with Gasteiger partial charge in [0, 0.05) is 11.9 Å². The maximum atomic E-state index is 13.2. The molecule has 4 aromatic rings. The Morgan fingerprint density at radius 1 is 1.29 bits per heavy atom. The molecule has 4 rings (SSSR count). The van der Waals surface area contributed by atoms with Crippen LogP contribution < -0.4 is 11.1 Å².